The van der Waals surface area contributed by atoms with Crippen LogP contribution in [0.15, 0.2) is 53.1 Å². The second-order valence-corrected chi connectivity index (χ2v) is 8.50. The number of ketones is 1. The van der Waals surface area contributed by atoms with Crippen LogP contribution in [0.3, 0.4) is 0 Å². The van der Waals surface area contributed by atoms with E-state index in [0.29, 0.717) is 24.9 Å². The number of fused-ring (bicyclic) bond motifs is 1. The Hall–Kier alpha value is -2.70. The highest BCUT2D eigenvalue weighted by Gasteiger charge is 2.49. The van der Waals surface area contributed by atoms with E-state index in [9.17, 15) is 9.59 Å². The first-order valence-corrected chi connectivity index (χ1v) is 10.6. The number of ether oxygens (including phenoxy) is 1. The Bertz CT molecular complexity index is 1130. The molecule has 2 atom stereocenters. The van der Waals surface area contributed by atoms with Crippen LogP contribution >= 0.6 is 11.6 Å². The fourth-order valence-corrected chi connectivity index (χ4v) is 4.64. The topological polar surface area (TPSA) is 59.8 Å². The molecule has 0 spiro atoms. The molecule has 0 N–H and O–H groups in total. The van der Waals surface area contributed by atoms with Gasteiger partial charge in [0.25, 0.3) is 0 Å². The predicted octanol–water partition coefficient (Wildman–Crippen LogP) is 5.09. The summed E-state index contributed by atoms with van der Waals surface area (Å²) in [6, 6.07) is 13.2. The maximum absolute atomic E-state index is 15.4. The van der Waals surface area contributed by atoms with E-state index >= 15 is 4.39 Å². The van der Waals surface area contributed by atoms with Gasteiger partial charge in [-0.25, -0.2) is 9.18 Å². The van der Waals surface area contributed by atoms with Gasteiger partial charge in [0.05, 0.1) is 16.8 Å². The van der Waals surface area contributed by atoms with Crippen molar-refractivity contribution in [3.8, 4) is 0 Å². The summed E-state index contributed by atoms with van der Waals surface area (Å²) in [5.74, 6) is -2.75. The summed E-state index contributed by atoms with van der Waals surface area (Å²) in [5, 5.41) is 0.527. The first kappa shape index (κ1) is 21.5. The normalized spacial score (nSPS) is 21.9. The van der Waals surface area contributed by atoms with Crippen LogP contribution in [0.2, 0.25) is 5.02 Å². The SMILES string of the molecule is CC(=O)C(=O)OC1(c2c(F)c(Cl)cc3ccoc23)CCN(Cc2ccccc2)CC1C. The van der Waals surface area contributed by atoms with E-state index in [-0.39, 0.29) is 22.1 Å². The maximum atomic E-state index is 15.4. The number of furan rings is 1. The summed E-state index contributed by atoms with van der Waals surface area (Å²) < 4.78 is 26.8. The molecule has 2 aromatic carbocycles. The number of hydrogen-bond acceptors (Lipinski definition) is 5. The molecule has 5 nitrogen and oxygen atoms in total. The van der Waals surface area contributed by atoms with E-state index in [1.54, 1.807) is 6.07 Å². The average Bonchev–Trinajstić information content (AvgIpc) is 3.19. The van der Waals surface area contributed by atoms with Gasteiger partial charge in [0, 0.05) is 44.3 Å². The van der Waals surface area contributed by atoms with Crippen molar-refractivity contribution in [2.45, 2.75) is 32.4 Å². The van der Waals surface area contributed by atoms with E-state index < -0.39 is 23.2 Å². The highest BCUT2D eigenvalue weighted by molar-refractivity contribution is 6.33. The lowest BCUT2D eigenvalue weighted by atomic mass is 9.75. The Labute approximate surface area is 184 Å². The molecule has 162 valence electrons. The summed E-state index contributed by atoms with van der Waals surface area (Å²) in [7, 11) is 0. The Morgan fingerprint density at radius 3 is 2.71 bits per heavy atom. The molecule has 0 radical (unpaired) electrons. The number of esters is 1. The van der Waals surface area contributed by atoms with Crippen LogP contribution in [-0.4, -0.2) is 29.7 Å². The van der Waals surface area contributed by atoms with E-state index in [1.807, 2.05) is 37.3 Å². The quantitative estimate of drug-likeness (QED) is 0.406. The summed E-state index contributed by atoms with van der Waals surface area (Å²) in [6.07, 6.45) is 1.74. The molecule has 1 fully saturated rings. The molecule has 2 unspecified atom stereocenters. The summed E-state index contributed by atoms with van der Waals surface area (Å²) in [4.78, 5) is 26.4. The third-order valence-electron chi connectivity index (χ3n) is 6.00. The summed E-state index contributed by atoms with van der Waals surface area (Å²) in [5.41, 5.74) is 0.162. The predicted molar refractivity (Wildman–Crippen MR) is 115 cm³/mol. The highest BCUT2D eigenvalue weighted by Crippen LogP contribution is 2.47. The number of nitrogens with zero attached hydrogens (tertiary/aromatic N) is 1. The molecule has 1 saturated heterocycles. The average molecular weight is 444 g/mol. The lowest BCUT2D eigenvalue weighted by molar-refractivity contribution is -0.178. The fraction of sp³-hybridized carbons (Fsp3) is 0.333. The van der Waals surface area contributed by atoms with Crippen molar-refractivity contribution >= 4 is 34.3 Å². The van der Waals surface area contributed by atoms with Gasteiger partial charge >= 0.3 is 5.97 Å². The van der Waals surface area contributed by atoms with Crippen LogP contribution in [0, 0.1) is 11.7 Å². The number of piperidine rings is 1. The Kier molecular flexibility index (Phi) is 5.86. The number of carbonyl (C=O) groups excluding carboxylic acids is 2. The van der Waals surface area contributed by atoms with Crippen LogP contribution in [0.25, 0.3) is 11.0 Å². The molecular weight excluding hydrogens is 421 g/mol. The number of Topliss-reactive ketones (excluding diaryl/α,β-unsaturated/α-hetero) is 1. The standard InChI is InChI=1S/C24H23ClFNO4/c1-15-13-27(14-17-6-4-3-5-7-17)10-9-24(15,31-23(29)16(2)28)20-21(26)19(25)12-18-8-11-30-22(18)20/h3-8,11-12,15H,9-10,13-14H2,1-2H3. The number of likely N-dealkylation sites (tertiary alicyclic amines) is 1. The van der Waals surface area contributed by atoms with Gasteiger partial charge in [-0.15, -0.1) is 0 Å². The third kappa shape index (κ3) is 3.98. The third-order valence-corrected chi connectivity index (χ3v) is 6.27. The number of benzene rings is 2. The van der Waals surface area contributed by atoms with Gasteiger partial charge in [0.2, 0.25) is 5.78 Å². The van der Waals surface area contributed by atoms with Crippen molar-refractivity contribution in [2.75, 3.05) is 13.1 Å². The van der Waals surface area contributed by atoms with Gasteiger partial charge in [-0.05, 0) is 17.7 Å². The van der Waals surface area contributed by atoms with Crippen LogP contribution in [0.5, 0.6) is 0 Å². The molecule has 0 aliphatic carbocycles. The Balaban J connectivity index is 1.76. The second-order valence-electron chi connectivity index (χ2n) is 8.09. The van der Waals surface area contributed by atoms with Crippen molar-refractivity contribution < 1.29 is 23.1 Å². The van der Waals surface area contributed by atoms with E-state index in [0.717, 1.165) is 19.0 Å². The van der Waals surface area contributed by atoms with E-state index in [1.165, 1.54) is 12.3 Å². The molecule has 1 aliphatic heterocycles. The molecule has 1 aliphatic rings. The van der Waals surface area contributed by atoms with Crippen molar-refractivity contribution in [1.82, 2.24) is 4.90 Å². The summed E-state index contributed by atoms with van der Waals surface area (Å²) in [6.45, 7) is 4.82. The molecule has 0 amide bonds. The van der Waals surface area contributed by atoms with Gasteiger partial charge in [-0.1, -0.05) is 48.9 Å². The molecule has 4 rings (SSSR count). The van der Waals surface area contributed by atoms with E-state index in [4.69, 9.17) is 20.8 Å². The molecule has 7 heteroatoms. The molecule has 31 heavy (non-hydrogen) atoms. The van der Waals surface area contributed by atoms with Gasteiger partial charge < -0.3 is 9.15 Å². The first-order valence-electron chi connectivity index (χ1n) is 10.2. The van der Waals surface area contributed by atoms with Crippen LogP contribution in [0.4, 0.5) is 4.39 Å². The zero-order chi connectivity index (χ0) is 22.2. The smallest absolute Gasteiger partial charge is 0.375 e. The van der Waals surface area contributed by atoms with Crippen molar-refractivity contribution in [1.29, 1.82) is 0 Å². The Morgan fingerprint density at radius 2 is 2.03 bits per heavy atom. The summed E-state index contributed by atoms with van der Waals surface area (Å²) >= 11 is 6.18. The Morgan fingerprint density at radius 1 is 1.29 bits per heavy atom. The fourth-order valence-electron chi connectivity index (χ4n) is 4.43. The van der Waals surface area contributed by atoms with Crippen molar-refractivity contribution in [3.05, 3.63) is 70.7 Å². The zero-order valence-electron chi connectivity index (χ0n) is 17.4. The van der Waals surface area contributed by atoms with Gasteiger partial charge in [-0.3, -0.25) is 9.69 Å². The largest absolute Gasteiger partial charge is 0.464 e. The molecule has 0 bridgehead atoms. The minimum absolute atomic E-state index is 0.0823. The molecule has 1 aromatic heterocycles. The van der Waals surface area contributed by atoms with Crippen molar-refractivity contribution in [2.24, 2.45) is 5.92 Å². The highest BCUT2D eigenvalue weighted by atomic mass is 35.5. The van der Waals surface area contributed by atoms with Crippen molar-refractivity contribution in [3.63, 3.8) is 0 Å². The monoisotopic (exact) mass is 443 g/mol. The number of rotatable bonds is 5. The maximum Gasteiger partial charge on any atom is 0.375 e. The van der Waals surface area contributed by atoms with Crippen LogP contribution in [0.1, 0.15) is 31.4 Å². The van der Waals surface area contributed by atoms with Gasteiger partial charge in [0.1, 0.15) is 11.2 Å². The lowest BCUT2D eigenvalue weighted by Gasteiger charge is -2.46. The lowest BCUT2D eigenvalue weighted by Crippen LogP contribution is -2.52. The minimum atomic E-state index is -1.37. The molecular formula is C24H23ClFNO4. The second kappa shape index (κ2) is 8.44. The van der Waals surface area contributed by atoms with E-state index in [2.05, 4.69) is 4.90 Å². The number of halogens is 2. The molecule has 2 heterocycles. The number of hydrogen-bond donors (Lipinski definition) is 0. The molecule has 0 saturated carbocycles. The van der Waals surface area contributed by atoms with Gasteiger partial charge in [-0.2, -0.15) is 0 Å². The van der Waals surface area contributed by atoms with Gasteiger partial charge in [0.15, 0.2) is 5.82 Å². The zero-order valence-corrected chi connectivity index (χ0v) is 18.1. The van der Waals surface area contributed by atoms with Crippen LogP contribution in [-0.2, 0) is 26.5 Å². The number of carbonyl (C=O) groups is 2. The molecule has 3 aromatic rings. The van der Waals surface area contributed by atoms with Crippen LogP contribution < -0.4 is 0 Å². The minimum Gasteiger partial charge on any atom is -0.464 e. The first-order chi connectivity index (χ1) is 14.8.